The van der Waals surface area contributed by atoms with Crippen molar-refractivity contribution in [3.8, 4) is 5.75 Å². The summed E-state index contributed by atoms with van der Waals surface area (Å²) in [7, 11) is 0. The minimum atomic E-state index is -1.13. The zero-order valence-corrected chi connectivity index (χ0v) is 23.5. The standard InChI is InChI=1S/C29H31F3N6O4/c1-28(2,3)42-27(39)38-11-15-6-16(38)10-37(15)26-18(30)7-20-24(36-26)25(34-14-33-20)35-19-4-5-21(23(32)22(19)31)41-13-29-8-17(9-29)40-12-29/h4-5,7,14-17H,6,8-13H2,1-3H3,(H,33,34,35)/t15-,16-,17?,29?/m0/s1. The fourth-order valence-electron chi connectivity index (χ4n) is 6.41. The van der Waals surface area contributed by atoms with Crippen molar-refractivity contribution in [2.24, 2.45) is 5.41 Å². The van der Waals surface area contributed by atoms with Crippen LogP contribution in [0.1, 0.15) is 40.0 Å². The first-order chi connectivity index (χ1) is 20.0. The predicted octanol–water partition coefficient (Wildman–Crippen LogP) is 4.94. The van der Waals surface area contributed by atoms with Crippen LogP contribution in [0.25, 0.3) is 11.0 Å². The van der Waals surface area contributed by atoms with Gasteiger partial charge < -0.3 is 29.3 Å². The summed E-state index contributed by atoms with van der Waals surface area (Å²) >= 11 is 0. The lowest BCUT2D eigenvalue weighted by molar-refractivity contribution is 0.0214. The molecule has 5 aliphatic rings. The molecule has 10 nitrogen and oxygen atoms in total. The number of piperazine rings is 1. The van der Waals surface area contributed by atoms with Crippen molar-refractivity contribution in [2.75, 3.05) is 36.5 Å². The molecule has 0 unspecified atom stereocenters. The Morgan fingerprint density at radius 2 is 1.95 bits per heavy atom. The monoisotopic (exact) mass is 584 g/mol. The molecular weight excluding hydrogens is 553 g/mol. The van der Waals surface area contributed by atoms with E-state index >= 15 is 8.78 Å². The Morgan fingerprint density at radius 1 is 1.14 bits per heavy atom. The van der Waals surface area contributed by atoms with E-state index in [-0.39, 0.29) is 64.3 Å². The van der Waals surface area contributed by atoms with Gasteiger partial charge in [0.15, 0.2) is 29.0 Å². The lowest BCUT2D eigenvalue weighted by Gasteiger charge is -2.35. The van der Waals surface area contributed by atoms with Crippen molar-refractivity contribution in [1.29, 1.82) is 0 Å². The number of aromatic nitrogens is 3. The van der Waals surface area contributed by atoms with E-state index in [2.05, 4.69) is 20.3 Å². The van der Waals surface area contributed by atoms with Gasteiger partial charge in [0.1, 0.15) is 17.4 Å². The van der Waals surface area contributed by atoms with Crippen LogP contribution in [-0.4, -0.2) is 76.0 Å². The van der Waals surface area contributed by atoms with E-state index in [9.17, 15) is 9.18 Å². The molecule has 1 aliphatic carbocycles. The van der Waals surface area contributed by atoms with Gasteiger partial charge >= 0.3 is 6.09 Å². The van der Waals surface area contributed by atoms with Gasteiger partial charge in [0, 0.05) is 24.6 Å². The molecule has 2 aromatic heterocycles. The third-order valence-corrected chi connectivity index (χ3v) is 8.47. The molecule has 1 N–H and O–H groups in total. The van der Waals surface area contributed by atoms with Crippen LogP contribution in [0.3, 0.4) is 0 Å². The van der Waals surface area contributed by atoms with Gasteiger partial charge in [-0.2, -0.15) is 4.39 Å². The Hall–Kier alpha value is -3.87. The molecule has 13 heteroatoms. The van der Waals surface area contributed by atoms with Crippen molar-refractivity contribution < 1.29 is 32.2 Å². The van der Waals surface area contributed by atoms with E-state index in [0.29, 0.717) is 26.1 Å². The number of ether oxygens (including phenoxy) is 3. The van der Waals surface area contributed by atoms with E-state index in [0.717, 1.165) is 12.8 Å². The van der Waals surface area contributed by atoms with Gasteiger partial charge in [-0.1, -0.05) is 0 Å². The SMILES string of the molecule is CC(C)(C)OC(=O)N1C[C@@H]2C[C@H]1CN2c1nc2c(Nc3ccc(OCC45COC(C4)C5)c(F)c3F)ncnc2cc1F. The van der Waals surface area contributed by atoms with Crippen LogP contribution in [0.5, 0.6) is 5.75 Å². The highest BCUT2D eigenvalue weighted by atomic mass is 19.2. The third-order valence-electron chi connectivity index (χ3n) is 8.47. The number of pyridine rings is 1. The van der Waals surface area contributed by atoms with Gasteiger partial charge in [0.25, 0.3) is 0 Å². The summed E-state index contributed by atoms with van der Waals surface area (Å²) in [5.41, 5.74) is -0.515. The van der Waals surface area contributed by atoms with Gasteiger partial charge in [-0.3, -0.25) is 0 Å². The van der Waals surface area contributed by atoms with Crippen molar-refractivity contribution in [3.05, 3.63) is 42.0 Å². The lowest BCUT2D eigenvalue weighted by Crippen LogP contribution is -2.50. The van der Waals surface area contributed by atoms with Gasteiger partial charge in [-0.15, -0.1) is 0 Å². The lowest BCUT2D eigenvalue weighted by atomic mass is 9.71. The number of carbonyl (C=O) groups excluding carboxylic acids is 1. The normalized spacial score (nSPS) is 26.1. The minimum Gasteiger partial charge on any atom is -0.490 e. The largest absolute Gasteiger partial charge is 0.490 e. The first-order valence-electron chi connectivity index (χ1n) is 14.1. The molecule has 3 aromatic rings. The Labute approximate surface area is 240 Å². The number of benzene rings is 1. The quantitative estimate of drug-likeness (QED) is 0.432. The smallest absolute Gasteiger partial charge is 0.410 e. The van der Waals surface area contributed by atoms with Crippen LogP contribution >= 0.6 is 0 Å². The summed E-state index contributed by atoms with van der Waals surface area (Å²) in [6, 6.07) is 3.68. The minimum absolute atomic E-state index is 0.0839. The summed E-state index contributed by atoms with van der Waals surface area (Å²) in [5, 5.41) is 2.80. The highest BCUT2D eigenvalue weighted by molar-refractivity contribution is 5.88. The summed E-state index contributed by atoms with van der Waals surface area (Å²) < 4.78 is 62.1. The number of hydrogen-bond donors (Lipinski definition) is 1. The van der Waals surface area contributed by atoms with Crippen LogP contribution in [0.15, 0.2) is 24.5 Å². The third kappa shape index (κ3) is 4.63. The second-order valence-corrected chi connectivity index (χ2v) is 12.7. The van der Waals surface area contributed by atoms with Crippen molar-refractivity contribution >= 4 is 34.4 Å². The van der Waals surface area contributed by atoms with Crippen LogP contribution < -0.4 is 15.0 Å². The molecule has 1 aromatic carbocycles. The fraction of sp³-hybridized carbons (Fsp3) is 0.517. The first-order valence-corrected chi connectivity index (χ1v) is 14.1. The van der Waals surface area contributed by atoms with Crippen LogP contribution in [-0.2, 0) is 9.47 Å². The van der Waals surface area contributed by atoms with Crippen molar-refractivity contribution in [3.63, 3.8) is 0 Å². The number of carbonyl (C=O) groups is 1. The van der Waals surface area contributed by atoms with E-state index in [1.165, 1.54) is 24.5 Å². The van der Waals surface area contributed by atoms with Gasteiger partial charge in [0.2, 0.25) is 5.82 Å². The predicted molar refractivity (Wildman–Crippen MR) is 146 cm³/mol. The molecule has 2 atom stereocenters. The zero-order chi connectivity index (χ0) is 29.4. The number of anilines is 3. The van der Waals surface area contributed by atoms with Crippen LogP contribution in [0, 0.1) is 22.9 Å². The first kappa shape index (κ1) is 27.0. The molecule has 222 valence electrons. The van der Waals surface area contributed by atoms with E-state index in [1.54, 1.807) is 4.90 Å². The molecule has 6 heterocycles. The van der Waals surface area contributed by atoms with E-state index in [1.807, 2.05) is 25.7 Å². The molecule has 4 aliphatic heterocycles. The molecular formula is C29H31F3N6O4. The number of nitrogens with zero attached hydrogens (tertiary/aromatic N) is 5. The molecule has 4 bridgehead atoms. The van der Waals surface area contributed by atoms with Crippen LogP contribution in [0.2, 0.25) is 0 Å². The zero-order valence-electron chi connectivity index (χ0n) is 23.5. The number of hydrogen-bond acceptors (Lipinski definition) is 9. The Bertz CT molecular complexity index is 1570. The molecule has 0 spiro atoms. The summed E-state index contributed by atoms with van der Waals surface area (Å²) in [4.78, 5) is 29.0. The number of nitrogens with one attached hydrogen (secondary N) is 1. The molecule has 1 saturated carbocycles. The number of rotatable bonds is 6. The van der Waals surface area contributed by atoms with Gasteiger partial charge in [-0.05, 0) is 52.2 Å². The maximum atomic E-state index is 15.3. The highest BCUT2D eigenvalue weighted by Crippen LogP contribution is 2.50. The molecule has 5 fully saturated rings. The Morgan fingerprint density at radius 3 is 2.64 bits per heavy atom. The van der Waals surface area contributed by atoms with E-state index < -0.39 is 29.1 Å². The molecule has 42 heavy (non-hydrogen) atoms. The highest BCUT2D eigenvalue weighted by Gasteiger charge is 2.52. The second-order valence-electron chi connectivity index (χ2n) is 12.7. The Kier molecular flexibility index (Phi) is 6.16. The van der Waals surface area contributed by atoms with E-state index in [4.69, 9.17) is 14.2 Å². The Balaban J connectivity index is 1.10. The second kappa shape index (κ2) is 9.58. The number of amides is 1. The molecule has 1 amide bonds. The number of likely N-dealkylation sites (tertiary alicyclic amines) is 1. The average Bonchev–Trinajstić information content (AvgIpc) is 3.70. The average molecular weight is 585 g/mol. The molecule has 4 saturated heterocycles. The number of halogens is 3. The summed E-state index contributed by atoms with van der Waals surface area (Å²) in [6.45, 7) is 7.02. The van der Waals surface area contributed by atoms with Gasteiger partial charge in [0.05, 0.1) is 42.6 Å². The van der Waals surface area contributed by atoms with Crippen LogP contribution in [0.4, 0.5) is 35.3 Å². The van der Waals surface area contributed by atoms with Gasteiger partial charge in [-0.25, -0.2) is 28.5 Å². The molecule has 0 radical (unpaired) electrons. The summed E-state index contributed by atoms with van der Waals surface area (Å²) in [6.07, 6.45) is 3.45. The topological polar surface area (TPSA) is 102 Å². The molecule has 8 rings (SSSR count). The maximum Gasteiger partial charge on any atom is 0.410 e. The number of fused-ring (bicyclic) bond motifs is 4. The maximum absolute atomic E-state index is 15.3. The van der Waals surface area contributed by atoms with Crippen molar-refractivity contribution in [1.82, 2.24) is 19.9 Å². The van der Waals surface area contributed by atoms with Crippen molar-refractivity contribution in [2.45, 2.75) is 63.8 Å². The fourth-order valence-corrected chi connectivity index (χ4v) is 6.41. The summed E-state index contributed by atoms with van der Waals surface area (Å²) in [5.74, 6) is -2.83.